The Morgan fingerprint density at radius 1 is 0.605 bits per heavy atom. The van der Waals surface area contributed by atoms with E-state index in [1.165, 1.54) is 38.5 Å². The van der Waals surface area contributed by atoms with Crippen LogP contribution in [0.1, 0.15) is 83.6 Å². The zero-order valence-corrected chi connectivity index (χ0v) is 23.8. The van der Waals surface area contributed by atoms with E-state index < -0.39 is 28.3 Å². The van der Waals surface area contributed by atoms with Gasteiger partial charge in [-0.3, -0.25) is 9.59 Å². The normalized spacial score (nSPS) is 21.1. The smallest absolute Gasteiger partial charge is 0.201 e. The van der Waals surface area contributed by atoms with Gasteiger partial charge in [0.2, 0.25) is 11.6 Å². The zero-order chi connectivity index (χ0) is 30.7. The van der Waals surface area contributed by atoms with Crippen molar-refractivity contribution in [3.8, 4) is 34.5 Å². The van der Waals surface area contributed by atoms with Crippen LogP contribution in [0.4, 0.5) is 0 Å². The molecule has 0 aromatic heterocycles. The number of phenols is 4. The number of carbonyl (C=O) groups is 2. The van der Waals surface area contributed by atoms with Crippen molar-refractivity contribution < 1.29 is 44.6 Å². The number of aromatic hydroxyl groups is 4. The number of benzene rings is 4. The minimum Gasteiger partial charge on any atom is -0.507 e. The number of ether oxygens (including phenoxy) is 2. The maximum atomic E-state index is 14.1. The molecule has 43 heavy (non-hydrogen) atoms. The van der Waals surface area contributed by atoms with E-state index in [0.29, 0.717) is 27.8 Å². The highest BCUT2D eigenvalue weighted by Crippen LogP contribution is 2.64. The van der Waals surface area contributed by atoms with Crippen molar-refractivity contribution >= 4 is 11.6 Å². The lowest BCUT2D eigenvalue weighted by Crippen LogP contribution is -2.48. The molecule has 4 aromatic rings. The minimum atomic E-state index is -1.86. The summed E-state index contributed by atoms with van der Waals surface area (Å²) in [5.41, 5.74) is -1.05. The summed E-state index contributed by atoms with van der Waals surface area (Å²) in [5.74, 6) is -2.30. The van der Waals surface area contributed by atoms with Crippen molar-refractivity contribution in [1.29, 1.82) is 0 Å². The van der Waals surface area contributed by atoms with Crippen molar-refractivity contribution in [1.82, 2.24) is 0 Å². The predicted octanol–water partition coefficient (Wildman–Crippen LogP) is 4.60. The first-order valence-corrected chi connectivity index (χ1v) is 13.7. The predicted molar refractivity (Wildman–Crippen MR) is 154 cm³/mol. The quantitative estimate of drug-likeness (QED) is 0.229. The summed E-state index contributed by atoms with van der Waals surface area (Å²) in [7, 11) is 2.82. The molecule has 0 heterocycles. The molecule has 1 spiro atoms. The van der Waals surface area contributed by atoms with Gasteiger partial charge in [0.05, 0.1) is 41.9 Å². The fourth-order valence-corrected chi connectivity index (χ4v) is 7.66. The second-order valence-corrected chi connectivity index (χ2v) is 11.6. The number of ketones is 2. The average molecular weight is 581 g/mol. The molecule has 9 nitrogen and oxygen atoms in total. The van der Waals surface area contributed by atoms with Crippen molar-refractivity contribution in [3.05, 3.63) is 104 Å². The van der Waals surface area contributed by atoms with E-state index in [1.54, 1.807) is 32.0 Å². The van der Waals surface area contributed by atoms with Gasteiger partial charge in [-0.2, -0.15) is 0 Å². The maximum Gasteiger partial charge on any atom is 0.201 e. The molecule has 5 N–H and O–H groups in total. The zero-order valence-electron chi connectivity index (χ0n) is 23.8. The Balaban J connectivity index is 1.73. The third-order valence-electron chi connectivity index (χ3n) is 9.32. The van der Waals surface area contributed by atoms with E-state index in [-0.39, 0.29) is 75.0 Å². The van der Waals surface area contributed by atoms with Gasteiger partial charge in [0.15, 0.2) is 0 Å². The second-order valence-electron chi connectivity index (χ2n) is 11.6. The molecule has 3 aliphatic carbocycles. The highest BCUT2D eigenvalue weighted by Gasteiger charge is 2.59. The average Bonchev–Trinajstić information content (AvgIpc) is 2.94. The van der Waals surface area contributed by atoms with E-state index in [4.69, 9.17) is 9.47 Å². The lowest BCUT2D eigenvalue weighted by molar-refractivity contribution is 0.0460. The third-order valence-corrected chi connectivity index (χ3v) is 9.32. The van der Waals surface area contributed by atoms with Crippen LogP contribution in [0.5, 0.6) is 34.5 Å². The van der Waals surface area contributed by atoms with Gasteiger partial charge in [-0.1, -0.05) is 12.1 Å². The number of rotatable bonds is 2. The molecule has 0 radical (unpaired) electrons. The number of aryl methyl sites for hydroxylation is 2. The number of hydrogen-bond acceptors (Lipinski definition) is 9. The van der Waals surface area contributed by atoms with Crippen molar-refractivity contribution in [2.45, 2.75) is 37.7 Å². The van der Waals surface area contributed by atoms with Gasteiger partial charge >= 0.3 is 0 Å². The first kappa shape index (κ1) is 26.9. The first-order chi connectivity index (χ1) is 20.4. The number of fused-ring (bicyclic) bond motifs is 7. The highest BCUT2D eigenvalue weighted by molar-refractivity contribution is 6.19. The van der Waals surface area contributed by atoms with Gasteiger partial charge in [0.25, 0.3) is 0 Å². The van der Waals surface area contributed by atoms with Crippen molar-refractivity contribution in [2.24, 2.45) is 0 Å². The Morgan fingerprint density at radius 2 is 1.12 bits per heavy atom. The molecule has 4 aromatic carbocycles. The second kappa shape index (κ2) is 8.52. The monoisotopic (exact) mass is 580 g/mol. The summed E-state index contributed by atoms with van der Waals surface area (Å²) in [4.78, 5) is 28.1. The van der Waals surface area contributed by atoms with Gasteiger partial charge in [0, 0.05) is 28.8 Å². The molecule has 0 saturated heterocycles. The van der Waals surface area contributed by atoms with E-state index in [1.807, 2.05) is 0 Å². The Kier molecular flexibility index (Phi) is 5.32. The van der Waals surface area contributed by atoms with Gasteiger partial charge in [-0.25, -0.2) is 0 Å². The molecule has 7 rings (SSSR count). The standard InChI is InChI=1S/C34H28O9/c1-14-7-17-25(20(35)9-14)31(39)26-18(11-16(42-3)12-22(26)37)33(17)5-6-34(41)19-8-15(2)10-21(36)27(19)32(40)28-23(38)13-24(43-4)29(33)30(28)34/h7-13,35-38,41H,5-6H2,1-4H3/t33-,34-/m1/s1. The summed E-state index contributed by atoms with van der Waals surface area (Å²) >= 11 is 0. The van der Waals surface area contributed by atoms with E-state index in [0.717, 1.165) is 0 Å². The molecule has 218 valence electrons. The third kappa shape index (κ3) is 3.14. The van der Waals surface area contributed by atoms with Crippen LogP contribution in [0.25, 0.3) is 0 Å². The Labute approximate surface area is 246 Å². The number of hydrogen-bond donors (Lipinski definition) is 5. The van der Waals surface area contributed by atoms with E-state index >= 15 is 0 Å². The number of phenolic OH excluding ortho intramolecular Hbond substituents is 4. The van der Waals surface area contributed by atoms with Crippen LogP contribution < -0.4 is 9.47 Å². The number of methoxy groups -OCH3 is 2. The van der Waals surface area contributed by atoms with Gasteiger partial charge in [-0.05, 0) is 67.1 Å². The molecule has 2 atom stereocenters. The summed E-state index contributed by atoms with van der Waals surface area (Å²) in [6.07, 6.45) is 0.0880. The summed E-state index contributed by atoms with van der Waals surface area (Å²) in [6, 6.07) is 10.5. The highest BCUT2D eigenvalue weighted by atomic mass is 16.5. The molecular formula is C34H28O9. The van der Waals surface area contributed by atoms with Crippen LogP contribution in [0, 0.1) is 13.8 Å². The van der Waals surface area contributed by atoms with Crippen molar-refractivity contribution in [3.63, 3.8) is 0 Å². The lowest BCUT2D eigenvalue weighted by Gasteiger charge is -2.51. The Morgan fingerprint density at radius 3 is 1.72 bits per heavy atom. The molecule has 3 aliphatic rings. The SMILES string of the molecule is COc1cc(O)c2c(c1)[C@@]1(CC[C@@]3(O)c4cc(C)cc(O)c4C(=O)c4c(O)cc(OC)c1c43)c1cc(C)cc(O)c1C2=O. The van der Waals surface area contributed by atoms with Gasteiger partial charge in [0.1, 0.15) is 40.1 Å². The molecule has 0 fully saturated rings. The molecule has 9 heteroatoms. The van der Waals surface area contributed by atoms with Crippen molar-refractivity contribution in [2.75, 3.05) is 14.2 Å². The van der Waals surface area contributed by atoms with Crippen LogP contribution in [0.15, 0.2) is 42.5 Å². The fraction of sp³-hybridized carbons (Fsp3) is 0.235. The van der Waals surface area contributed by atoms with Crippen LogP contribution in [-0.2, 0) is 11.0 Å². The Bertz CT molecular complexity index is 1970. The molecule has 0 unspecified atom stereocenters. The van der Waals surface area contributed by atoms with Crippen LogP contribution in [0.2, 0.25) is 0 Å². The number of aliphatic hydroxyl groups is 1. The summed E-state index contributed by atoms with van der Waals surface area (Å²) < 4.78 is 11.3. The van der Waals surface area contributed by atoms with Gasteiger partial charge < -0.3 is 35.0 Å². The summed E-state index contributed by atoms with van der Waals surface area (Å²) in [5, 5.41) is 57.2. The maximum absolute atomic E-state index is 14.1. The topological polar surface area (TPSA) is 154 Å². The lowest BCUT2D eigenvalue weighted by atomic mass is 9.52. The number of carbonyl (C=O) groups excluding carboxylic acids is 2. The van der Waals surface area contributed by atoms with E-state index in [9.17, 15) is 35.1 Å². The minimum absolute atomic E-state index is 0.0242. The van der Waals surface area contributed by atoms with Crippen LogP contribution in [0.3, 0.4) is 0 Å². The Hall–Kier alpha value is -5.02. The fourth-order valence-electron chi connectivity index (χ4n) is 7.66. The molecule has 0 amide bonds. The van der Waals surface area contributed by atoms with Gasteiger partial charge in [-0.15, -0.1) is 0 Å². The van der Waals surface area contributed by atoms with Crippen LogP contribution in [-0.4, -0.2) is 51.3 Å². The molecule has 0 saturated carbocycles. The largest absolute Gasteiger partial charge is 0.507 e. The molecule has 0 bridgehead atoms. The van der Waals surface area contributed by atoms with Crippen LogP contribution >= 0.6 is 0 Å². The first-order valence-electron chi connectivity index (χ1n) is 13.7. The molecule has 0 aliphatic heterocycles. The molecular weight excluding hydrogens is 552 g/mol. The summed E-state index contributed by atoms with van der Waals surface area (Å²) in [6.45, 7) is 3.50. The van der Waals surface area contributed by atoms with E-state index in [2.05, 4.69) is 0 Å².